The molecule has 0 heterocycles. The van der Waals surface area contributed by atoms with Crippen LogP contribution in [0.2, 0.25) is 0 Å². The number of rotatable bonds is 2. The summed E-state index contributed by atoms with van der Waals surface area (Å²) in [6.45, 7) is 0. The molecule has 0 radical (unpaired) electrons. The average Bonchev–Trinajstić information content (AvgIpc) is 2.33. The standard InChI is InChI=1S/C13H9F4NS/c14-9-3-1-2-4-11(9)19-12-6-5-8(7-10(12)18)13(15,16)17/h1-7H,18H2. The third-order valence-electron chi connectivity index (χ3n) is 2.39. The normalized spacial score (nSPS) is 11.6. The Hall–Kier alpha value is -1.69. The molecule has 2 aromatic carbocycles. The molecule has 0 amide bonds. The van der Waals surface area contributed by atoms with Gasteiger partial charge in [0.1, 0.15) is 5.82 Å². The molecule has 2 aromatic rings. The molecule has 6 heteroatoms. The van der Waals surface area contributed by atoms with E-state index in [0.717, 1.165) is 23.9 Å². The second-order valence-corrected chi connectivity index (χ2v) is 4.87. The summed E-state index contributed by atoms with van der Waals surface area (Å²) < 4.78 is 50.8. The zero-order chi connectivity index (χ0) is 14.0. The molecule has 0 aliphatic heterocycles. The first-order valence-corrected chi connectivity index (χ1v) is 6.08. The molecule has 100 valence electrons. The Morgan fingerprint density at radius 2 is 1.63 bits per heavy atom. The Bertz CT molecular complexity index is 595. The second kappa shape index (κ2) is 5.13. The van der Waals surface area contributed by atoms with Crippen molar-refractivity contribution in [3.8, 4) is 0 Å². The zero-order valence-corrected chi connectivity index (χ0v) is 10.4. The molecule has 2 rings (SSSR count). The van der Waals surface area contributed by atoms with Crippen LogP contribution in [0.1, 0.15) is 5.56 Å². The lowest BCUT2D eigenvalue weighted by molar-refractivity contribution is -0.137. The lowest BCUT2D eigenvalue weighted by Crippen LogP contribution is -2.05. The van der Waals surface area contributed by atoms with Gasteiger partial charge in [0.25, 0.3) is 0 Å². The maximum absolute atomic E-state index is 13.4. The third-order valence-corrected chi connectivity index (χ3v) is 3.54. The first-order valence-electron chi connectivity index (χ1n) is 5.27. The molecule has 0 aliphatic carbocycles. The van der Waals surface area contributed by atoms with Gasteiger partial charge in [-0.05, 0) is 30.3 Å². The summed E-state index contributed by atoms with van der Waals surface area (Å²) in [5.74, 6) is -0.438. The van der Waals surface area contributed by atoms with Crippen molar-refractivity contribution in [2.45, 2.75) is 16.0 Å². The smallest absolute Gasteiger partial charge is 0.398 e. The first kappa shape index (κ1) is 13.7. The Kier molecular flexibility index (Phi) is 3.71. The minimum Gasteiger partial charge on any atom is -0.398 e. The highest BCUT2D eigenvalue weighted by atomic mass is 32.2. The second-order valence-electron chi connectivity index (χ2n) is 3.78. The molecule has 0 unspecified atom stereocenters. The van der Waals surface area contributed by atoms with Crippen LogP contribution in [-0.4, -0.2) is 0 Å². The maximum Gasteiger partial charge on any atom is 0.416 e. The highest BCUT2D eigenvalue weighted by molar-refractivity contribution is 7.99. The van der Waals surface area contributed by atoms with Crippen LogP contribution in [-0.2, 0) is 6.18 Å². The lowest BCUT2D eigenvalue weighted by Gasteiger charge is -2.10. The van der Waals surface area contributed by atoms with E-state index < -0.39 is 17.6 Å². The maximum atomic E-state index is 13.4. The molecule has 0 saturated carbocycles. The SMILES string of the molecule is Nc1cc(C(F)(F)F)ccc1Sc1ccccc1F. The molecular formula is C13H9F4NS. The van der Waals surface area contributed by atoms with Gasteiger partial charge in [0.05, 0.1) is 5.56 Å². The van der Waals surface area contributed by atoms with Gasteiger partial charge in [-0.1, -0.05) is 23.9 Å². The molecule has 0 bridgehead atoms. The van der Waals surface area contributed by atoms with Crippen LogP contribution in [0.15, 0.2) is 52.3 Å². The number of halogens is 4. The number of alkyl halides is 3. The number of hydrogen-bond acceptors (Lipinski definition) is 2. The van der Waals surface area contributed by atoms with Crippen molar-refractivity contribution in [2.24, 2.45) is 0 Å². The van der Waals surface area contributed by atoms with E-state index in [1.54, 1.807) is 6.07 Å². The molecule has 0 fully saturated rings. The van der Waals surface area contributed by atoms with E-state index in [-0.39, 0.29) is 5.69 Å². The first-order chi connectivity index (χ1) is 8.88. The summed E-state index contributed by atoms with van der Waals surface area (Å²) in [7, 11) is 0. The Labute approximate surface area is 111 Å². The van der Waals surface area contributed by atoms with E-state index in [4.69, 9.17) is 5.73 Å². The largest absolute Gasteiger partial charge is 0.416 e. The minimum atomic E-state index is -4.44. The highest BCUT2D eigenvalue weighted by Crippen LogP contribution is 2.37. The predicted molar refractivity (Wildman–Crippen MR) is 66.4 cm³/mol. The Morgan fingerprint density at radius 1 is 0.947 bits per heavy atom. The van der Waals surface area contributed by atoms with Crippen LogP contribution in [0, 0.1) is 5.82 Å². The third kappa shape index (κ3) is 3.20. The quantitative estimate of drug-likeness (QED) is 0.646. The fraction of sp³-hybridized carbons (Fsp3) is 0.0769. The van der Waals surface area contributed by atoms with Crippen LogP contribution in [0.4, 0.5) is 23.2 Å². The summed E-state index contributed by atoms with van der Waals surface area (Å²) in [5.41, 5.74) is 4.73. The fourth-order valence-corrected chi connectivity index (χ4v) is 2.33. The van der Waals surface area contributed by atoms with Crippen LogP contribution in [0.5, 0.6) is 0 Å². The topological polar surface area (TPSA) is 26.0 Å². The lowest BCUT2D eigenvalue weighted by atomic mass is 10.2. The summed E-state index contributed by atoms with van der Waals surface area (Å²) in [6.07, 6.45) is -4.44. The van der Waals surface area contributed by atoms with Gasteiger partial charge in [-0.3, -0.25) is 0 Å². The summed E-state index contributed by atoms with van der Waals surface area (Å²) in [5, 5.41) is 0. The van der Waals surface area contributed by atoms with Crippen molar-refractivity contribution in [1.29, 1.82) is 0 Å². The van der Waals surface area contributed by atoms with Gasteiger partial charge in [0, 0.05) is 15.5 Å². The van der Waals surface area contributed by atoms with E-state index in [9.17, 15) is 17.6 Å². The van der Waals surface area contributed by atoms with Crippen molar-refractivity contribution in [3.05, 3.63) is 53.8 Å². The Balaban J connectivity index is 2.30. The molecular weight excluding hydrogens is 278 g/mol. The van der Waals surface area contributed by atoms with Gasteiger partial charge < -0.3 is 5.73 Å². The van der Waals surface area contributed by atoms with Crippen molar-refractivity contribution < 1.29 is 17.6 Å². The number of anilines is 1. The zero-order valence-electron chi connectivity index (χ0n) is 9.54. The van der Waals surface area contributed by atoms with E-state index in [1.165, 1.54) is 24.3 Å². The van der Waals surface area contributed by atoms with Crippen LogP contribution >= 0.6 is 11.8 Å². The van der Waals surface area contributed by atoms with Crippen molar-refractivity contribution in [1.82, 2.24) is 0 Å². The van der Waals surface area contributed by atoms with E-state index in [2.05, 4.69) is 0 Å². The van der Waals surface area contributed by atoms with Gasteiger partial charge in [-0.2, -0.15) is 13.2 Å². The van der Waals surface area contributed by atoms with E-state index in [1.807, 2.05) is 0 Å². The fourth-order valence-electron chi connectivity index (χ4n) is 1.46. The molecule has 19 heavy (non-hydrogen) atoms. The van der Waals surface area contributed by atoms with Gasteiger partial charge in [0.2, 0.25) is 0 Å². The molecule has 0 atom stereocenters. The highest BCUT2D eigenvalue weighted by Gasteiger charge is 2.30. The number of benzene rings is 2. The van der Waals surface area contributed by atoms with E-state index >= 15 is 0 Å². The number of nitrogen functional groups attached to an aromatic ring is 1. The summed E-state index contributed by atoms with van der Waals surface area (Å²) in [6, 6.07) is 9.03. The summed E-state index contributed by atoms with van der Waals surface area (Å²) in [4.78, 5) is 0.701. The van der Waals surface area contributed by atoms with Crippen molar-refractivity contribution in [2.75, 3.05) is 5.73 Å². The molecule has 0 aromatic heterocycles. The molecule has 0 aliphatic rings. The average molecular weight is 287 g/mol. The Morgan fingerprint density at radius 3 is 2.21 bits per heavy atom. The van der Waals surface area contributed by atoms with Gasteiger partial charge in [-0.25, -0.2) is 4.39 Å². The van der Waals surface area contributed by atoms with Crippen LogP contribution < -0.4 is 5.73 Å². The van der Waals surface area contributed by atoms with E-state index in [0.29, 0.717) is 9.79 Å². The number of nitrogens with two attached hydrogens (primary N) is 1. The van der Waals surface area contributed by atoms with Crippen LogP contribution in [0.25, 0.3) is 0 Å². The molecule has 0 saturated heterocycles. The summed E-state index contributed by atoms with van der Waals surface area (Å²) >= 11 is 0.993. The van der Waals surface area contributed by atoms with Gasteiger partial charge >= 0.3 is 6.18 Å². The number of hydrogen-bond donors (Lipinski definition) is 1. The molecule has 1 nitrogen and oxygen atoms in total. The monoisotopic (exact) mass is 287 g/mol. The van der Waals surface area contributed by atoms with Crippen molar-refractivity contribution in [3.63, 3.8) is 0 Å². The van der Waals surface area contributed by atoms with Crippen molar-refractivity contribution >= 4 is 17.4 Å². The van der Waals surface area contributed by atoms with Crippen LogP contribution in [0.3, 0.4) is 0 Å². The van der Waals surface area contributed by atoms with Gasteiger partial charge in [-0.15, -0.1) is 0 Å². The van der Waals surface area contributed by atoms with Gasteiger partial charge in [0.15, 0.2) is 0 Å². The minimum absolute atomic E-state index is 0.0249. The molecule has 2 N–H and O–H groups in total. The predicted octanol–water partition coefficient (Wildman–Crippen LogP) is 4.58. The molecule has 0 spiro atoms.